The number of nitrogens with two attached hydrogens (primary N) is 1. The van der Waals surface area contributed by atoms with Crippen molar-refractivity contribution < 1.29 is 39.5 Å². The van der Waals surface area contributed by atoms with Crippen LogP contribution in [0.1, 0.15) is 17.8 Å². The summed E-state index contributed by atoms with van der Waals surface area (Å²) in [5.41, 5.74) is 5.78. The Morgan fingerprint density at radius 3 is 2.40 bits per heavy atom. The third kappa shape index (κ3) is 6.17. The number of allylic oxidation sites excluding steroid dienone is 4. The Morgan fingerprint density at radius 2 is 1.79 bits per heavy atom. The van der Waals surface area contributed by atoms with Crippen molar-refractivity contribution in [1.82, 2.24) is 4.57 Å². The van der Waals surface area contributed by atoms with Crippen molar-refractivity contribution in [2.24, 2.45) is 12.8 Å². The number of hydrogen-bond donors (Lipinski definition) is 2. The van der Waals surface area contributed by atoms with Crippen molar-refractivity contribution in [2.45, 2.75) is 19.1 Å². The minimum Gasteiger partial charge on any atom is -0.358 e. The fourth-order valence-corrected chi connectivity index (χ4v) is 5.09. The molecule has 0 saturated heterocycles. The smallest absolute Gasteiger partial charge is 0.358 e. The van der Waals surface area contributed by atoms with Crippen LogP contribution in [0, 0.1) is 23.7 Å². The second-order valence-corrected chi connectivity index (χ2v) is 10.6. The largest absolute Gasteiger partial charge is 0.416 e. The standard InChI is InChI=1S/C28H24F5N5O3S/c1-3-36-24-17-20(29)21(30)18-25(24)38(14-12-34)27(36)9-6-4-5-8-26-35(2)22-11-10-19(28(31,32)33)16-23(22)37(26)13-7-15-42(39,40)41/h3-6,8-11,16-18H,1,7,13,15,34H2,2H3/p+1. The zero-order valence-corrected chi connectivity index (χ0v) is 22.9. The van der Waals surface area contributed by atoms with E-state index in [-0.39, 0.29) is 24.2 Å². The number of hydrogen-bond acceptors (Lipinski definition) is 5. The van der Waals surface area contributed by atoms with Gasteiger partial charge in [-0.25, -0.2) is 17.9 Å². The van der Waals surface area contributed by atoms with Gasteiger partial charge in [0, 0.05) is 49.0 Å². The second kappa shape index (κ2) is 11.7. The molecule has 0 radical (unpaired) electrons. The number of benzene rings is 2. The van der Waals surface area contributed by atoms with E-state index in [1.807, 2.05) is 0 Å². The molecule has 1 aliphatic rings. The zero-order chi connectivity index (χ0) is 30.8. The van der Waals surface area contributed by atoms with Gasteiger partial charge in [0.2, 0.25) is 0 Å². The number of rotatable bonds is 8. The molecule has 0 unspecified atom stereocenters. The van der Waals surface area contributed by atoms with Gasteiger partial charge in [-0.15, -0.1) is 0 Å². The predicted molar refractivity (Wildman–Crippen MR) is 149 cm³/mol. The molecule has 0 spiro atoms. The fraction of sp³-hybridized carbons (Fsp3) is 0.179. The molecule has 1 aromatic heterocycles. The molecule has 0 amide bonds. The van der Waals surface area contributed by atoms with Gasteiger partial charge in [-0.1, -0.05) is 24.8 Å². The monoisotopic (exact) mass is 606 g/mol. The fourth-order valence-electron chi connectivity index (χ4n) is 4.60. The number of nitrogens with zero attached hydrogens (tertiary/aromatic N) is 4. The molecular formula is C28H25F5N5O3S+. The Hall–Kier alpha value is -4.61. The average molecular weight is 607 g/mol. The minimum absolute atomic E-state index is 0.0122. The number of aromatic nitrogens is 2. The van der Waals surface area contributed by atoms with Gasteiger partial charge in [0.1, 0.15) is 5.82 Å². The highest BCUT2D eigenvalue weighted by molar-refractivity contribution is 7.85. The molecule has 3 aromatic rings. The van der Waals surface area contributed by atoms with Gasteiger partial charge in [0.15, 0.2) is 22.7 Å². The summed E-state index contributed by atoms with van der Waals surface area (Å²) in [6.07, 6.45) is 4.78. The lowest BCUT2D eigenvalue weighted by Crippen LogP contribution is -2.31. The molecule has 1 aliphatic heterocycles. The van der Waals surface area contributed by atoms with Crippen molar-refractivity contribution >= 4 is 38.6 Å². The first-order valence-corrected chi connectivity index (χ1v) is 13.9. The van der Waals surface area contributed by atoms with Crippen molar-refractivity contribution in [3.63, 3.8) is 0 Å². The third-order valence-corrected chi connectivity index (χ3v) is 7.23. The van der Waals surface area contributed by atoms with Crippen molar-refractivity contribution in [2.75, 3.05) is 15.6 Å². The number of fused-ring (bicyclic) bond motifs is 2. The highest BCUT2D eigenvalue weighted by Gasteiger charge is 2.33. The maximum Gasteiger partial charge on any atom is 0.416 e. The van der Waals surface area contributed by atoms with Crippen LogP contribution in [-0.4, -0.2) is 23.3 Å². The number of imidazole rings is 1. The summed E-state index contributed by atoms with van der Waals surface area (Å²) in [6, 6.07) is 10.1. The molecule has 0 bridgehead atoms. The molecule has 0 aliphatic carbocycles. The predicted octanol–water partition coefficient (Wildman–Crippen LogP) is 4.80. The van der Waals surface area contributed by atoms with Crippen LogP contribution in [0.5, 0.6) is 0 Å². The van der Waals surface area contributed by atoms with Gasteiger partial charge in [-0.2, -0.15) is 21.6 Å². The first-order chi connectivity index (χ1) is 19.8. The van der Waals surface area contributed by atoms with Gasteiger partial charge >= 0.3 is 6.18 Å². The van der Waals surface area contributed by atoms with E-state index in [0.717, 1.165) is 24.3 Å². The maximum absolute atomic E-state index is 13.9. The summed E-state index contributed by atoms with van der Waals surface area (Å²) in [4.78, 5) is 2.85. The van der Waals surface area contributed by atoms with E-state index in [0.29, 0.717) is 22.8 Å². The van der Waals surface area contributed by atoms with E-state index in [2.05, 4.69) is 18.7 Å². The summed E-state index contributed by atoms with van der Waals surface area (Å²) in [5.74, 6) is -1.85. The van der Waals surface area contributed by atoms with E-state index in [1.54, 1.807) is 42.0 Å². The quantitative estimate of drug-likeness (QED) is 0.0956. The van der Waals surface area contributed by atoms with E-state index in [4.69, 9.17) is 10.3 Å². The van der Waals surface area contributed by atoms with Crippen LogP contribution in [-0.2, 0) is 29.9 Å². The summed E-state index contributed by atoms with van der Waals surface area (Å²) in [5, 5.41) is 0. The van der Waals surface area contributed by atoms with Crippen LogP contribution in [0.4, 0.5) is 33.3 Å². The molecule has 14 heteroatoms. The zero-order valence-electron chi connectivity index (χ0n) is 22.1. The van der Waals surface area contributed by atoms with Gasteiger partial charge < -0.3 is 10.6 Å². The first-order valence-electron chi connectivity index (χ1n) is 12.3. The minimum atomic E-state index is -4.58. The third-order valence-electron chi connectivity index (χ3n) is 6.42. The number of anilines is 2. The van der Waals surface area contributed by atoms with Gasteiger partial charge in [0.05, 0.1) is 36.3 Å². The Balaban J connectivity index is 1.69. The van der Waals surface area contributed by atoms with E-state index in [1.165, 1.54) is 26.6 Å². The molecule has 42 heavy (non-hydrogen) atoms. The van der Waals surface area contributed by atoms with E-state index < -0.39 is 39.2 Å². The highest BCUT2D eigenvalue weighted by Crippen LogP contribution is 2.42. The lowest BCUT2D eigenvalue weighted by molar-refractivity contribution is -0.647. The normalized spacial score (nSPS) is 14.8. The van der Waals surface area contributed by atoms with Crippen LogP contribution in [0.15, 0.2) is 73.2 Å². The van der Waals surface area contributed by atoms with Crippen molar-refractivity contribution in [3.8, 4) is 12.1 Å². The summed E-state index contributed by atoms with van der Waals surface area (Å²) in [6.45, 7) is 3.73. The van der Waals surface area contributed by atoms with E-state index >= 15 is 0 Å². The molecule has 0 atom stereocenters. The van der Waals surface area contributed by atoms with Gasteiger partial charge in [-0.3, -0.25) is 9.45 Å². The molecule has 3 N–H and O–H groups in total. The molecule has 4 rings (SSSR count). The lowest BCUT2D eigenvalue weighted by atomic mass is 10.2. The van der Waals surface area contributed by atoms with Crippen LogP contribution >= 0.6 is 0 Å². The molecule has 220 valence electrons. The van der Waals surface area contributed by atoms with Crippen LogP contribution in [0.3, 0.4) is 0 Å². The first kappa shape index (κ1) is 30.4. The molecule has 0 fully saturated rings. The Kier molecular flexibility index (Phi) is 8.46. The molecule has 0 saturated carbocycles. The van der Waals surface area contributed by atoms with Crippen LogP contribution in [0.2, 0.25) is 0 Å². The number of halogens is 5. The topological polar surface area (TPSA) is 95.7 Å². The summed E-state index contributed by atoms with van der Waals surface area (Å²) in [7, 11) is -2.61. The average Bonchev–Trinajstić information content (AvgIpc) is 3.33. The Bertz CT molecular complexity index is 1820. The van der Waals surface area contributed by atoms with Crippen molar-refractivity contribution in [1.29, 1.82) is 0 Å². The summed E-state index contributed by atoms with van der Waals surface area (Å²) >= 11 is 0. The van der Waals surface area contributed by atoms with Gasteiger partial charge in [-0.05, 0) is 18.2 Å². The Morgan fingerprint density at radius 1 is 1.10 bits per heavy atom. The molecular weight excluding hydrogens is 581 g/mol. The SMILES string of the molecule is C=CN1\C(=C/C=C/C=C/c2n(CCCS(=O)(=O)O)c3cc(C(F)(F)F)ccc3[n+]2C)N(C#CN)c2cc(F)c(F)cc21. The van der Waals surface area contributed by atoms with Crippen LogP contribution in [0.25, 0.3) is 17.1 Å². The molecule has 8 nitrogen and oxygen atoms in total. The number of alkyl halides is 3. The Labute approximate surface area is 238 Å². The van der Waals surface area contributed by atoms with Gasteiger partial charge in [0.25, 0.3) is 15.9 Å². The maximum atomic E-state index is 13.9. The number of aryl methyl sites for hydroxylation is 2. The second-order valence-electron chi connectivity index (χ2n) is 9.08. The summed E-state index contributed by atoms with van der Waals surface area (Å²) < 4.78 is 103. The molecule has 2 heterocycles. The molecule has 2 aromatic carbocycles. The van der Waals surface area contributed by atoms with Crippen molar-refractivity contribution in [3.05, 3.63) is 96.3 Å². The highest BCUT2D eigenvalue weighted by atomic mass is 32.2. The lowest BCUT2D eigenvalue weighted by Gasteiger charge is -2.17. The van der Waals surface area contributed by atoms with Crippen LogP contribution < -0.4 is 20.1 Å². The van der Waals surface area contributed by atoms with E-state index in [9.17, 15) is 30.4 Å².